The van der Waals surface area contributed by atoms with Gasteiger partial charge in [0.2, 0.25) is 0 Å². The maximum absolute atomic E-state index is 13.5. The van der Waals surface area contributed by atoms with Crippen LogP contribution in [0.4, 0.5) is 4.39 Å². The highest BCUT2D eigenvalue weighted by Gasteiger charge is 2.08. The maximum atomic E-state index is 13.5. The SMILES string of the molecule is CCn1c(SCc2cc(F)cc(C#CCO)c2)n[nH]c1=O. The van der Waals surface area contributed by atoms with Gasteiger partial charge in [0.05, 0.1) is 0 Å². The monoisotopic (exact) mass is 307 g/mol. The fourth-order valence-electron chi connectivity index (χ4n) is 1.79. The van der Waals surface area contributed by atoms with Gasteiger partial charge in [0.1, 0.15) is 12.4 Å². The first-order valence-corrected chi connectivity index (χ1v) is 7.29. The van der Waals surface area contributed by atoms with E-state index < -0.39 is 0 Å². The van der Waals surface area contributed by atoms with Crippen LogP contribution in [-0.4, -0.2) is 26.5 Å². The lowest BCUT2D eigenvalue weighted by Crippen LogP contribution is -2.16. The highest BCUT2D eigenvalue weighted by atomic mass is 32.2. The van der Waals surface area contributed by atoms with Crippen LogP contribution in [0.15, 0.2) is 28.2 Å². The molecular weight excluding hydrogens is 293 g/mol. The number of aliphatic hydroxyl groups is 1. The summed E-state index contributed by atoms with van der Waals surface area (Å²) in [7, 11) is 0. The first-order valence-electron chi connectivity index (χ1n) is 6.31. The van der Waals surface area contributed by atoms with Gasteiger partial charge in [-0.15, -0.1) is 5.10 Å². The van der Waals surface area contributed by atoms with E-state index in [2.05, 4.69) is 22.0 Å². The van der Waals surface area contributed by atoms with E-state index in [0.717, 1.165) is 5.56 Å². The van der Waals surface area contributed by atoms with Crippen LogP contribution in [0, 0.1) is 17.7 Å². The van der Waals surface area contributed by atoms with E-state index in [1.165, 1.54) is 28.5 Å². The quantitative estimate of drug-likeness (QED) is 0.661. The topological polar surface area (TPSA) is 70.9 Å². The molecule has 0 spiro atoms. The molecule has 21 heavy (non-hydrogen) atoms. The number of nitrogens with zero attached hydrogens (tertiary/aromatic N) is 2. The van der Waals surface area contributed by atoms with Crippen LogP contribution < -0.4 is 5.69 Å². The molecule has 2 aromatic rings. The van der Waals surface area contributed by atoms with Gasteiger partial charge in [-0.05, 0) is 30.7 Å². The molecule has 2 N–H and O–H groups in total. The molecule has 1 heterocycles. The lowest BCUT2D eigenvalue weighted by molar-refractivity contribution is 0.350. The van der Waals surface area contributed by atoms with Crippen LogP contribution in [0.5, 0.6) is 0 Å². The number of aliphatic hydroxyl groups excluding tert-OH is 1. The summed E-state index contributed by atoms with van der Waals surface area (Å²) in [6, 6.07) is 4.48. The summed E-state index contributed by atoms with van der Waals surface area (Å²) in [6.45, 7) is 2.11. The Morgan fingerprint density at radius 3 is 3.00 bits per heavy atom. The summed E-state index contributed by atoms with van der Waals surface area (Å²) < 4.78 is 15.0. The minimum Gasteiger partial charge on any atom is -0.384 e. The molecule has 0 fully saturated rings. The van der Waals surface area contributed by atoms with Crippen LogP contribution >= 0.6 is 11.8 Å². The molecule has 0 aliphatic rings. The number of nitrogens with one attached hydrogen (secondary N) is 1. The molecule has 0 bridgehead atoms. The van der Waals surface area contributed by atoms with E-state index in [1.807, 2.05) is 6.92 Å². The molecule has 0 aliphatic heterocycles. The Balaban J connectivity index is 2.16. The molecule has 0 amide bonds. The highest BCUT2D eigenvalue weighted by Crippen LogP contribution is 2.21. The second-order valence-electron chi connectivity index (χ2n) is 4.15. The van der Waals surface area contributed by atoms with Gasteiger partial charge in [-0.25, -0.2) is 14.3 Å². The summed E-state index contributed by atoms with van der Waals surface area (Å²) >= 11 is 1.34. The van der Waals surface area contributed by atoms with E-state index in [0.29, 0.717) is 23.0 Å². The van der Waals surface area contributed by atoms with Gasteiger partial charge in [-0.2, -0.15) is 0 Å². The number of halogens is 1. The van der Waals surface area contributed by atoms with Crippen molar-refractivity contribution in [2.75, 3.05) is 6.61 Å². The van der Waals surface area contributed by atoms with E-state index >= 15 is 0 Å². The number of hydrogen-bond acceptors (Lipinski definition) is 4. The van der Waals surface area contributed by atoms with Gasteiger partial charge in [-0.1, -0.05) is 23.6 Å². The summed E-state index contributed by atoms with van der Waals surface area (Å²) in [6.07, 6.45) is 0. The van der Waals surface area contributed by atoms with Gasteiger partial charge in [0.25, 0.3) is 0 Å². The number of aromatic amines is 1. The van der Waals surface area contributed by atoms with Crippen molar-refractivity contribution in [1.29, 1.82) is 0 Å². The number of rotatable bonds is 4. The zero-order valence-corrected chi connectivity index (χ0v) is 12.2. The van der Waals surface area contributed by atoms with Crippen LogP contribution in [0.1, 0.15) is 18.1 Å². The van der Waals surface area contributed by atoms with E-state index in [9.17, 15) is 9.18 Å². The van der Waals surface area contributed by atoms with Gasteiger partial charge in [0, 0.05) is 17.9 Å². The van der Waals surface area contributed by atoms with Gasteiger partial charge in [-0.3, -0.25) is 4.57 Å². The predicted octanol–water partition coefficient (Wildman–Crippen LogP) is 1.37. The number of aromatic nitrogens is 3. The largest absolute Gasteiger partial charge is 0.384 e. The van der Waals surface area contributed by atoms with Crippen LogP contribution in [0.2, 0.25) is 0 Å². The second kappa shape index (κ2) is 7.11. The van der Waals surface area contributed by atoms with Gasteiger partial charge in [0.15, 0.2) is 5.16 Å². The van der Waals surface area contributed by atoms with E-state index in [4.69, 9.17) is 5.11 Å². The Morgan fingerprint density at radius 2 is 2.29 bits per heavy atom. The third kappa shape index (κ3) is 3.97. The maximum Gasteiger partial charge on any atom is 0.343 e. The minimum atomic E-state index is -0.384. The van der Waals surface area contributed by atoms with Crippen molar-refractivity contribution >= 4 is 11.8 Å². The summed E-state index contributed by atoms with van der Waals surface area (Å²) in [5.74, 6) is 5.24. The Labute approximate surface area is 125 Å². The predicted molar refractivity (Wildman–Crippen MR) is 78.4 cm³/mol. The van der Waals surface area contributed by atoms with Crippen molar-refractivity contribution < 1.29 is 9.50 Å². The average molecular weight is 307 g/mol. The molecule has 0 unspecified atom stereocenters. The summed E-state index contributed by atoms with van der Waals surface area (Å²) in [5, 5.41) is 15.5. The summed E-state index contributed by atoms with van der Waals surface area (Å²) in [5.41, 5.74) is 0.989. The molecular formula is C14H14FN3O2S. The van der Waals surface area contributed by atoms with Crippen molar-refractivity contribution in [3.8, 4) is 11.8 Å². The molecule has 0 aliphatic carbocycles. The molecule has 2 rings (SSSR count). The van der Waals surface area contributed by atoms with Crippen molar-refractivity contribution in [3.63, 3.8) is 0 Å². The van der Waals surface area contributed by atoms with E-state index in [-0.39, 0.29) is 18.1 Å². The number of H-pyrrole nitrogens is 1. The molecule has 1 aromatic carbocycles. The third-order valence-corrected chi connectivity index (χ3v) is 3.72. The van der Waals surface area contributed by atoms with E-state index in [1.54, 1.807) is 6.07 Å². The number of hydrogen-bond donors (Lipinski definition) is 2. The third-order valence-electron chi connectivity index (χ3n) is 2.68. The molecule has 0 radical (unpaired) electrons. The Bertz CT molecular complexity index is 743. The highest BCUT2D eigenvalue weighted by molar-refractivity contribution is 7.98. The molecule has 0 atom stereocenters. The Morgan fingerprint density at radius 1 is 1.48 bits per heavy atom. The van der Waals surface area contributed by atoms with Crippen molar-refractivity contribution in [2.45, 2.75) is 24.4 Å². The summed E-state index contributed by atoms with van der Waals surface area (Å²) in [4.78, 5) is 11.4. The Kier molecular flexibility index (Phi) is 5.20. The van der Waals surface area contributed by atoms with Gasteiger partial charge < -0.3 is 5.11 Å². The number of benzene rings is 1. The van der Waals surface area contributed by atoms with Crippen LogP contribution in [0.25, 0.3) is 0 Å². The molecule has 5 nitrogen and oxygen atoms in total. The normalized spacial score (nSPS) is 10.2. The molecule has 110 valence electrons. The smallest absolute Gasteiger partial charge is 0.343 e. The zero-order valence-electron chi connectivity index (χ0n) is 11.4. The van der Waals surface area contributed by atoms with Crippen LogP contribution in [0.3, 0.4) is 0 Å². The standard InChI is InChI=1S/C14H14FN3O2S/c1-2-18-13(20)16-17-14(18)21-9-11-6-10(4-3-5-19)7-12(15)8-11/h6-8,19H,2,5,9H2,1H3,(H,16,20). The second-order valence-corrected chi connectivity index (χ2v) is 5.09. The van der Waals surface area contributed by atoms with Crippen molar-refractivity contribution in [3.05, 3.63) is 45.6 Å². The average Bonchev–Trinajstić information content (AvgIpc) is 2.82. The first-order chi connectivity index (χ1) is 10.1. The first kappa shape index (κ1) is 15.4. The Hall–Kier alpha value is -2.04. The molecule has 1 aromatic heterocycles. The fourth-order valence-corrected chi connectivity index (χ4v) is 2.73. The lowest BCUT2D eigenvalue weighted by Gasteiger charge is -2.04. The fraction of sp³-hybridized carbons (Fsp3) is 0.286. The van der Waals surface area contributed by atoms with Gasteiger partial charge >= 0.3 is 5.69 Å². The number of thioether (sulfide) groups is 1. The van der Waals surface area contributed by atoms with Crippen LogP contribution in [-0.2, 0) is 12.3 Å². The zero-order chi connectivity index (χ0) is 15.2. The lowest BCUT2D eigenvalue weighted by atomic mass is 10.1. The van der Waals surface area contributed by atoms with Crippen molar-refractivity contribution in [1.82, 2.24) is 14.8 Å². The molecule has 7 heteroatoms. The molecule has 0 saturated carbocycles. The minimum absolute atomic E-state index is 0.256. The molecule has 0 saturated heterocycles. The van der Waals surface area contributed by atoms with Crippen molar-refractivity contribution in [2.24, 2.45) is 0 Å².